The Balaban J connectivity index is 1.83. The van der Waals surface area contributed by atoms with Crippen LogP contribution in [-0.2, 0) is 15.1 Å². The minimum absolute atomic E-state index is 0.0222. The van der Waals surface area contributed by atoms with Crippen LogP contribution in [0.25, 0.3) is 0 Å². The first-order chi connectivity index (χ1) is 13.8. The molecule has 2 fully saturated rings. The first kappa shape index (κ1) is 21.6. The molecule has 1 aromatic rings. The highest BCUT2D eigenvalue weighted by Crippen LogP contribution is 2.48. The van der Waals surface area contributed by atoms with E-state index in [0.29, 0.717) is 19.7 Å². The van der Waals surface area contributed by atoms with Gasteiger partial charge in [-0.3, -0.25) is 9.69 Å². The fourth-order valence-electron chi connectivity index (χ4n) is 5.10. The van der Waals surface area contributed by atoms with Gasteiger partial charge < -0.3 is 19.6 Å². The van der Waals surface area contributed by atoms with Crippen LogP contribution in [0.15, 0.2) is 30.3 Å². The van der Waals surface area contributed by atoms with Crippen molar-refractivity contribution in [2.75, 3.05) is 47.4 Å². The zero-order chi connectivity index (χ0) is 21.1. The number of methoxy groups -OCH3 is 1. The standard InChI is InChI=1S/C22H33N3O4/c1-23(2)22(18-7-5-4-6-8-18)12-10-21(11-13-22)17-24(14-9-19(26)27)20(28)25(21)15-16-29-3/h4-8H,9-17H2,1-3H3,(H,26,27). The Morgan fingerprint density at radius 1 is 1.14 bits per heavy atom. The van der Waals surface area contributed by atoms with Crippen LogP contribution >= 0.6 is 0 Å². The van der Waals surface area contributed by atoms with Crippen molar-refractivity contribution >= 4 is 12.0 Å². The van der Waals surface area contributed by atoms with Crippen molar-refractivity contribution in [2.45, 2.75) is 43.2 Å². The summed E-state index contributed by atoms with van der Waals surface area (Å²) in [6.45, 7) is 1.88. The lowest BCUT2D eigenvalue weighted by atomic mass is 9.68. The molecule has 2 aliphatic rings. The number of hydrogen-bond acceptors (Lipinski definition) is 4. The zero-order valence-electron chi connectivity index (χ0n) is 17.8. The number of urea groups is 1. The molecule has 1 aliphatic carbocycles. The molecule has 1 N–H and O–H groups in total. The number of carbonyl (C=O) groups excluding carboxylic acids is 1. The number of carboxylic acid groups (broad SMARTS) is 1. The van der Waals surface area contributed by atoms with Crippen molar-refractivity contribution in [1.82, 2.24) is 14.7 Å². The van der Waals surface area contributed by atoms with Crippen molar-refractivity contribution in [2.24, 2.45) is 0 Å². The molecule has 0 atom stereocenters. The third-order valence-corrected chi connectivity index (χ3v) is 6.85. The summed E-state index contributed by atoms with van der Waals surface area (Å²) in [5, 5.41) is 9.05. The van der Waals surface area contributed by atoms with Gasteiger partial charge in [0.2, 0.25) is 0 Å². The van der Waals surface area contributed by atoms with Crippen LogP contribution in [0.3, 0.4) is 0 Å². The number of amides is 2. The Bertz CT molecular complexity index is 714. The molecule has 3 rings (SSSR count). The average molecular weight is 404 g/mol. The summed E-state index contributed by atoms with van der Waals surface area (Å²) in [7, 11) is 5.90. The number of carbonyl (C=O) groups is 2. The molecule has 0 aromatic heterocycles. The van der Waals surface area contributed by atoms with Gasteiger partial charge in [-0.15, -0.1) is 0 Å². The molecule has 1 aliphatic heterocycles. The maximum Gasteiger partial charge on any atom is 0.320 e. The van der Waals surface area contributed by atoms with Crippen LogP contribution in [-0.4, -0.2) is 84.8 Å². The molecular formula is C22H33N3O4. The third-order valence-electron chi connectivity index (χ3n) is 6.85. The summed E-state index contributed by atoms with van der Waals surface area (Å²) in [5.41, 5.74) is 1.02. The fourth-order valence-corrected chi connectivity index (χ4v) is 5.10. The molecule has 160 valence electrons. The maximum absolute atomic E-state index is 13.1. The van der Waals surface area contributed by atoms with Gasteiger partial charge in [-0.2, -0.15) is 0 Å². The first-order valence-corrected chi connectivity index (χ1v) is 10.3. The molecule has 29 heavy (non-hydrogen) atoms. The zero-order valence-corrected chi connectivity index (χ0v) is 17.8. The molecule has 1 heterocycles. The van der Waals surface area contributed by atoms with E-state index in [9.17, 15) is 9.59 Å². The van der Waals surface area contributed by atoms with E-state index >= 15 is 0 Å². The Hall–Kier alpha value is -2.12. The molecule has 1 spiro atoms. The second kappa shape index (κ2) is 8.71. The van der Waals surface area contributed by atoms with Crippen LogP contribution in [0.4, 0.5) is 4.79 Å². The van der Waals surface area contributed by atoms with Crippen molar-refractivity contribution in [1.29, 1.82) is 0 Å². The molecule has 7 nitrogen and oxygen atoms in total. The highest BCUT2D eigenvalue weighted by molar-refractivity contribution is 5.79. The Labute approximate surface area is 173 Å². The Morgan fingerprint density at radius 3 is 2.34 bits per heavy atom. The van der Waals surface area contributed by atoms with Gasteiger partial charge in [0.1, 0.15) is 0 Å². The molecule has 2 amide bonds. The molecule has 7 heteroatoms. The van der Waals surface area contributed by atoms with E-state index in [0.717, 1.165) is 25.7 Å². The van der Waals surface area contributed by atoms with Gasteiger partial charge in [0.05, 0.1) is 18.6 Å². The van der Waals surface area contributed by atoms with Crippen LogP contribution in [0.1, 0.15) is 37.7 Å². The highest BCUT2D eigenvalue weighted by atomic mass is 16.5. The normalized spacial score (nSPS) is 27.2. The summed E-state index contributed by atoms with van der Waals surface area (Å²) < 4.78 is 5.25. The molecule has 0 unspecified atom stereocenters. The number of nitrogens with zero attached hydrogens (tertiary/aromatic N) is 3. The van der Waals surface area contributed by atoms with Crippen molar-refractivity contribution in [3.05, 3.63) is 35.9 Å². The smallest absolute Gasteiger partial charge is 0.320 e. The maximum atomic E-state index is 13.1. The molecular weight excluding hydrogens is 370 g/mol. The van der Waals surface area contributed by atoms with E-state index in [1.807, 2.05) is 11.0 Å². The number of hydrogen-bond donors (Lipinski definition) is 1. The van der Waals surface area contributed by atoms with Gasteiger partial charge in [0, 0.05) is 32.3 Å². The SMILES string of the molecule is COCCN1C(=O)N(CCC(=O)O)CC12CCC(c1ccccc1)(N(C)C)CC2. The predicted octanol–water partition coefficient (Wildman–Crippen LogP) is 2.62. The van der Waals surface area contributed by atoms with Crippen molar-refractivity contribution in [3.8, 4) is 0 Å². The first-order valence-electron chi connectivity index (χ1n) is 10.3. The summed E-state index contributed by atoms with van der Waals surface area (Å²) in [6, 6.07) is 10.5. The van der Waals surface area contributed by atoms with Gasteiger partial charge in [0.25, 0.3) is 0 Å². The second-order valence-corrected chi connectivity index (χ2v) is 8.51. The van der Waals surface area contributed by atoms with E-state index in [-0.39, 0.29) is 30.1 Å². The Kier molecular flexibility index (Phi) is 6.49. The van der Waals surface area contributed by atoms with Gasteiger partial charge >= 0.3 is 12.0 Å². The van der Waals surface area contributed by atoms with Crippen LogP contribution in [0, 0.1) is 0 Å². The summed E-state index contributed by atoms with van der Waals surface area (Å²) >= 11 is 0. The van der Waals surface area contributed by atoms with Gasteiger partial charge in [-0.05, 0) is 45.3 Å². The number of benzene rings is 1. The molecule has 0 radical (unpaired) electrons. The topological polar surface area (TPSA) is 73.3 Å². The van der Waals surface area contributed by atoms with Crippen LogP contribution < -0.4 is 0 Å². The predicted molar refractivity (Wildman–Crippen MR) is 111 cm³/mol. The number of ether oxygens (including phenoxy) is 1. The lowest BCUT2D eigenvalue weighted by molar-refractivity contribution is -0.137. The fraction of sp³-hybridized carbons (Fsp3) is 0.636. The molecule has 0 bridgehead atoms. The Morgan fingerprint density at radius 2 is 1.79 bits per heavy atom. The summed E-state index contributed by atoms with van der Waals surface area (Å²) in [4.78, 5) is 30.1. The van der Waals surface area contributed by atoms with Crippen LogP contribution in [0.2, 0.25) is 0 Å². The van der Waals surface area contributed by atoms with E-state index in [1.54, 1.807) is 12.0 Å². The summed E-state index contributed by atoms with van der Waals surface area (Å²) in [5.74, 6) is -0.874. The van der Waals surface area contributed by atoms with E-state index in [2.05, 4.69) is 43.3 Å². The lowest BCUT2D eigenvalue weighted by Crippen LogP contribution is -2.56. The van der Waals surface area contributed by atoms with Crippen LogP contribution in [0.5, 0.6) is 0 Å². The van der Waals surface area contributed by atoms with Gasteiger partial charge in [-0.25, -0.2) is 4.79 Å². The minimum Gasteiger partial charge on any atom is -0.481 e. The number of carboxylic acids is 1. The summed E-state index contributed by atoms with van der Waals surface area (Å²) in [6.07, 6.45) is 3.66. The van der Waals surface area contributed by atoms with E-state index in [4.69, 9.17) is 9.84 Å². The largest absolute Gasteiger partial charge is 0.481 e. The highest BCUT2D eigenvalue weighted by Gasteiger charge is 2.54. The molecule has 1 aromatic carbocycles. The number of aliphatic carboxylic acids is 1. The second-order valence-electron chi connectivity index (χ2n) is 8.51. The molecule has 1 saturated carbocycles. The van der Waals surface area contributed by atoms with Gasteiger partial charge in [0.15, 0.2) is 0 Å². The minimum atomic E-state index is -0.874. The van der Waals surface area contributed by atoms with Gasteiger partial charge in [-0.1, -0.05) is 30.3 Å². The van der Waals surface area contributed by atoms with Crippen molar-refractivity contribution < 1.29 is 19.4 Å². The van der Waals surface area contributed by atoms with E-state index in [1.165, 1.54) is 5.56 Å². The third kappa shape index (κ3) is 4.12. The average Bonchev–Trinajstić information content (AvgIpc) is 2.97. The lowest BCUT2D eigenvalue weighted by Gasteiger charge is -2.51. The monoisotopic (exact) mass is 403 g/mol. The number of rotatable bonds is 8. The van der Waals surface area contributed by atoms with Crippen molar-refractivity contribution in [3.63, 3.8) is 0 Å². The van der Waals surface area contributed by atoms with E-state index < -0.39 is 5.97 Å². The molecule has 1 saturated heterocycles. The quantitative estimate of drug-likeness (QED) is 0.722.